The lowest BCUT2D eigenvalue weighted by molar-refractivity contribution is -0.138. The number of aliphatic carboxylic acids is 1. The van der Waals surface area contributed by atoms with Crippen molar-refractivity contribution >= 4 is 5.97 Å². The van der Waals surface area contributed by atoms with E-state index in [0.29, 0.717) is 0 Å². The van der Waals surface area contributed by atoms with E-state index in [1.807, 2.05) is 7.05 Å². The van der Waals surface area contributed by atoms with Gasteiger partial charge in [0.2, 0.25) is 0 Å². The summed E-state index contributed by atoms with van der Waals surface area (Å²) in [7, 11) is 2.05. The van der Waals surface area contributed by atoms with E-state index >= 15 is 0 Å². The summed E-state index contributed by atoms with van der Waals surface area (Å²) in [6.07, 6.45) is 4.07. The van der Waals surface area contributed by atoms with Gasteiger partial charge in [0.1, 0.15) is 0 Å². The molecule has 1 heterocycles. The quantitative estimate of drug-likeness (QED) is 0.745. The number of hydrogen-bond acceptors (Lipinski definition) is 3. The molecule has 2 fully saturated rings. The minimum absolute atomic E-state index is 0.200. The van der Waals surface area contributed by atoms with Crippen LogP contribution in [0.1, 0.15) is 25.7 Å². The van der Waals surface area contributed by atoms with Gasteiger partial charge in [-0.2, -0.15) is 0 Å². The maximum absolute atomic E-state index is 10.8. The third kappa shape index (κ3) is 2.92. The van der Waals surface area contributed by atoms with Crippen molar-refractivity contribution in [2.24, 2.45) is 0 Å². The van der Waals surface area contributed by atoms with E-state index in [-0.39, 0.29) is 12.5 Å². The van der Waals surface area contributed by atoms with E-state index in [2.05, 4.69) is 9.80 Å². The van der Waals surface area contributed by atoms with E-state index in [4.69, 9.17) is 5.11 Å². The largest absolute Gasteiger partial charge is 0.481 e. The third-order valence-corrected chi connectivity index (χ3v) is 3.50. The van der Waals surface area contributed by atoms with Crippen LogP contribution in [0, 0.1) is 0 Å². The summed E-state index contributed by atoms with van der Waals surface area (Å²) in [5.41, 5.74) is 0. The molecule has 1 N–H and O–H groups in total. The second-order valence-corrected chi connectivity index (χ2v) is 4.81. The van der Waals surface area contributed by atoms with Gasteiger partial charge < -0.3 is 10.0 Å². The zero-order chi connectivity index (χ0) is 10.8. The van der Waals surface area contributed by atoms with Gasteiger partial charge in [0.25, 0.3) is 0 Å². The Morgan fingerprint density at radius 3 is 2.73 bits per heavy atom. The molecule has 0 amide bonds. The van der Waals surface area contributed by atoms with E-state index in [9.17, 15) is 4.79 Å². The predicted molar refractivity (Wildman–Crippen MR) is 57.9 cm³/mol. The highest BCUT2D eigenvalue weighted by atomic mass is 16.4. The van der Waals surface area contributed by atoms with Gasteiger partial charge in [0, 0.05) is 18.6 Å². The van der Waals surface area contributed by atoms with E-state index in [0.717, 1.165) is 25.7 Å². The highest BCUT2D eigenvalue weighted by Crippen LogP contribution is 2.28. The normalized spacial score (nSPS) is 30.1. The first-order valence-electron chi connectivity index (χ1n) is 5.83. The molecule has 1 saturated carbocycles. The number of hydrogen-bond donors (Lipinski definition) is 1. The molecule has 4 nitrogen and oxygen atoms in total. The fourth-order valence-electron chi connectivity index (χ4n) is 2.40. The van der Waals surface area contributed by atoms with Crippen molar-refractivity contribution in [3.05, 3.63) is 0 Å². The summed E-state index contributed by atoms with van der Waals surface area (Å²) in [6, 6.07) is 0.957. The molecule has 2 aliphatic rings. The molecule has 1 aliphatic heterocycles. The molecular weight excluding hydrogens is 192 g/mol. The zero-order valence-corrected chi connectivity index (χ0v) is 9.35. The highest BCUT2D eigenvalue weighted by Gasteiger charge is 2.33. The maximum Gasteiger partial charge on any atom is 0.304 e. The van der Waals surface area contributed by atoms with Crippen LogP contribution in [0.2, 0.25) is 0 Å². The van der Waals surface area contributed by atoms with Gasteiger partial charge in [0.15, 0.2) is 0 Å². The molecule has 1 atom stereocenters. The first kappa shape index (κ1) is 10.9. The van der Waals surface area contributed by atoms with Crippen molar-refractivity contribution in [1.29, 1.82) is 0 Å². The van der Waals surface area contributed by atoms with Crippen LogP contribution >= 0.6 is 0 Å². The Labute approximate surface area is 90.9 Å². The molecule has 0 aromatic rings. The second kappa shape index (κ2) is 4.49. The summed E-state index contributed by atoms with van der Waals surface area (Å²) in [5, 5.41) is 8.87. The Morgan fingerprint density at radius 1 is 1.40 bits per heavy atom. The summed E-state index contributed by atoms with van der Waals surface area (Å²) >= 11 is 0. The fourth-order valence-corrected chi connectivity index (χ4v) is 2.40. The standard InChI is InChI=1S/C11H20N2O2/c1-12-5-2-6-13(9-3-4-9)8-10(12)7-11(14)15/h9-10H,2-8H2,1H3,(H,14,15). The molecule has 86 valence electrons. The van der Waals surface area contributed by atoms with E-state index in [1.54, 1.807) is 0 Å². The summed E-state index contributed by atoms with van der Waals surface area (Å²) in [4.78, 5) is 15.5. The smallest absolute Gasteiger partial charge is 0.304 e. The molecule has 0 aromatic carbocycles. The Balaban J connectivity index is 1.94. The molecule has 0 aromatic heterocycles. The molecule has 1 unspecified atom stereocenters. The minimum atomic E-state index is -0.676. The van der Waals surface area contributed by atoms with Gasteiger partial charge in [-0.05, 0) is 39.4 Å². The van der Waals surface area contributed by atoms with Crippen LogP contribution in [0.15, 0.2) is 0 Å². The van der Waals surface area contributed by atoms with Crippen molar-refractivity contribution < 1.29 is 9.90 Å². The maximum atomic E-state index is 10.8. The lowest BCUT2D eigenvalue weighted by Crippen LogP contribution is -2.41. The molecule has 0 spiro atoms. The number of carbonyl (C=O) groups is 1. The van der Waals surface area contributed by atoms with Crippen molar-refractivity contribution in [2.75, 3.05) is 26.7 Å². The second-order valence-electron chi connectivity index (χ2n) is 4.81. The highest BCUT2D eigenvalue weighted by molar-refractivity contribution is 5.67. The number of rotatable bonds is 3. The van der Waals surface area contributed by atoms with Crippen LogP contribution in [-0.4, -0.2) is 59.6 Å². The molecule has 0 radical (unpaired) electrons. The summed E-state index contributed by atoms with van der Waals surface area (Å²) in [5.74, 6) is -0.676. The average molecular weight is 212 g/mol. The summed E-state index contributed by atoms with van der Waals surface area (Å²) in [6.45, 7) is 3.11. The van der Waals surface area contributed by atoms with Crippen LogP contribution in [0.5, 0.6) is 0 Å². The summed E-state index contributed by atoms with van der Waals surface area (Å²) < 4.78 is 0. The zero-order valence-electron chi connectivity index (χ0n) is 9.35. The van der Waals surface area contributed by atoms with Crippen LogP contribution in [0.3, 0.4) is 0 Å². The monoisotopic (exact) mass is 212 g/mol. The van der Waals surface area contributed by atoms with Gasteiger partial charge in [-0.3, -0.25) is 9.69 Å². The third-order valence-electron chi connectivity index (χ3n) is 3.50. The number of nitrogens with zero attached hydrogens (tertiary/aromatic N) is 2. The Kier molecular flexibility index (Phi) is 3.26. The van der Waals surface area contributed by atoms with Crippen molar-refractivity contribution in [3.8, 4) is 0 Å². The molecule has 2 rings (SSSR count). The first-order valence-corrected chi connectivity index (χ1v) is 5.83. The van der Waals surface area contributed by atoms with Crippen molar-refractivity contribution in [1.82, 2.24) is 9.80 Å². The Bertz CT molecular complexity index is 241. The Morgan fingerprint density at radius 2 is 2.13 bits per heavy atom. The van der Waals surface area contributed by atoms with Crippen LogP contribution < -0.4 is 0 Å². The SMILES string of the molecule is CN1CCCN(C2CC2)CC1CC(=O)O. The lowest BCUT2D eigenvalue weighted by Gasteiger charge is -2.27. The molecule has 15 heavy (non-hydrogen) atoms. The molecule has 1 saturated heterocycles. The average Bonchev–Trinajstić information content (AvgIpc) is 2.94. The fraction of sp³-hybridized carbons (Fsp3) is 0.909. The van der Waals surface area contributed by atoms with E-state index < -0.39 is 5.97 Å². The van der Waals surface area contributed by atoms with Crippen molar-refractivity contribution in [3.63, 3.8) is 0 Å². The topological polar surface area (TPSA) is 43.8 Å². The molecule has 4 heteroatoms. The van der Waals surface area contributed by atoms with Gasteiger partial charge >= 0.3 is 5.97 Å². The number of carboxylic acids is 1. The van der Waals surface area contributed by atoms with Gasteiger partial charge in [-0.15, -0.1) is 0 Å². The molecular formula is C11H20N2O2. The lowest BCUT2D eigenvalue weighted by atomic mass is 10.2. The number of carboxylic acid groups (broad SMARTS) is 1. The van der Waals surface area contributed by atoms with Gasteiger partial charge in [-0.1, -0.05) is 0 Å². The van der Waals surface area contributed by atoms with Crippen LogP contribution in [-0.2, 0) is 4.79 Å². The Hall–Kier alpha value is -0.610. The molecule has 0 bridgehead atoms. The van der Waals surface area contributed by atoms with Gasteiger partial charge in [0.05, 0.1) is 6.42 Å². The minimum Gasteiger partial charge on any atom is -0.481 e. The van der Waals surface area contributed by atoms with Crippen LogP contribution in [0.25, 0.3) is 0 Å². The van der Waals surface area contributed by atoms with E-state index in [1.165, 1.54) is 19.3 Å². The predicted octanol–water partition coefficient (Wildman–Crippen LogP) is 0.630. The first-order chi connectivity index (χ1) is 7.16. The van der Waals surface area contributed by atoms with Crippen molar-refractivity contribution in [2.45, 2.75) is 37.8 Å². The number of likely N-dealkylation sites (N-methyl/N-ethyl adjacent to an activating group) is 1. The molecule has 1 aliphatic carbocycles. The van der Waals surface area contributed by atoms with Crippen LogP contribution in [0.4, 0.5) is 0 Å². The van der Waals surface area contributed by atoms with Gasteiger partial charge in [-0.25, -0.2) is 0 Å².